The lowest BCUT2D eigenvalue weighted by molar-refractivity contribution is -0.120. The van der Waals surface area contributed by atoms with Gasteiger partial charge < -0.3 is 9.47 Å². The molecule has 0 aliphatic heterocycles. The van der Waals surface area contributed by atoms with Gasteiger partial charge in [-0.05, 0) is 72.6 Å². The maximum absolute atomic E-state index is 14.0. The Hall–Kier alpha value is -3.75. The number of imidazole rings is 1. The Morgan fingerprint density at radius 1 is 1.05 bits per heavy atom. The molecule has 3 atom stereocenters. The summed E-state index contributed by atoms with van der Waals surface area (Å²) in [5, 5.41) is 0. The number of benzene rings is 3. The number of rotatable bonds is 8. The lowest BCUT2D eigenvalue weighted by Gasteiger charge is -2.29. The molecule has 1 N–H and O–H groups in total. The van der Waals surface area contributed by atoms with E-state index in [-0.39, 0.29) is 28.7 Å². The predicted molar refractivity (Wildman–Crippen MR) is 151 cm³/mol. The Balaban J connectivity index is 1.32. The van der Waals surface area contributed by atoms with E-state index in [1.54, 1.807) is 36.5 Å². The van der Waals surface area contributed by atoms with Crippen molar-refractivity contribution >= 4 is 21.6 Å². The van der Waals surface area contributed by atoms with E-state index in [0.29, 0.717) is 13.0 Å². The number of carbonyl (C=O) groups excluding carboxylic acids is 1. The Labute approximate surface area is 229 Å². The van der Waals surface area contributed by atoms with Gasteiger partial charge in [-0.2, -0.15) is 0 Å². The van der Waals surface area contributed by atoms with Crippen molar-refractivity contribution in [2.45, 2.75) is 49.1 Å². The number of carbonyl (C=O) groups is 1. The number of hydrogen-bond acceptors (Lipinski definition) is 4. The van der Waals surface area contributed by atoms with Crippen LogP contribution in [0.5, 0.6) is 0 Å². The Bertz CT molecular complexity index is 1580. The number of nitrogens with one attached hydrogen (secondary N) is 1. The van der Waals surface area contributed by atoms with Crippen LogP contribution in [0.15, 0.2) is 96.2 Å². The van der Waals surface area contributed by atoms with Gasteiger partial charge in [-0.25, -0.2) is 18.1 Å². The lowest BCUT2D eigenvalue weighted by Crippen LogP contribution is -2.34. The maximum atomic E-state index is 14.0. The molecule has 2 aliphatic rings. The van der Waals surface area contributed by atoms with Crippen LogP contribution in [0.25, 0.3) is 0 Å². The zero-order valence-corrected chi connectivity index (χ0v) is 22.7. The second kappa shape index (κ2) is 10.4. The molecule has 0 spiro atoms. The molecular formula is C31H32N4O3S. The summed E-state index contributed by atoms with van der Waals surface area (Å²) < 4.78 is 31.2. The largest absolute Gasteiger partial charge is 0.337 e. The third kappa shape index (κ3) is 5.27. The normalized spacial score (nSPS) is 20.3. The van der Waals surface area contributed by atoms with Crippen LogP contribution in [-0.2, 0) is 34.8 Å². The summed E-state index contributed by atoms with van der Waals surface area (Å²) in [5.41, 5.74) is 4.01. The maximum Gasteiger partial charge on any atom is 0.241 e. The standard InChI is InChI=1S/C31H32N4O3S/c1-34-18-17-32-30(34)21-35(31(36)28-20-26(28)22-9-4-2-5-10-22)24-16-15-23-11-8-14-29(27(23)19-24)33-39(37,38)25-12-6-3-7-13-25/h2-7,9-10,12-13,15-19,26,28-29,33H,8,11,14,20-21H2,1H3/t26-,28+,29+/m1/s1. The SMILES string of the molecule is Cn1ccnc1CN(C(=O)[C@H]1C[C@@H]1c1ccccc1)c1ccc2c(c1)[C@@H](NS(=O)(=O)c1ccccc1)CCC2. The highest BCUT2D eigenvalue weighted by Gasteiger charge is 2.46. The topological polar surface area (TPSA) is 84.3 Å². The minimum Gasteiger partial charge on any atom is -0.337 e. The van der Waals surface area contributed by atoms with Gasteiger partial charge in [-0.1, -0.05) is 54.6 Å². The van der Waals surface area contributed by atoms with Crippen molar-refractivity contribution in [2.24, 2.45) is 13.0 Å². The summed E-state index contributed by atoms with van der Waals surface area (Å²) in [6.07, 6.45) is 6.92. The first-order valence-electron chi connectivity index (χ1n) is 13.4. The highest BCUT2D eigenvalue weighted by molar-refractivity contribution is 7.89. The summed E-state index contributed by atoms with van der Waals surface area (Å²) in [5.74, 6) is 0.991. The van der Waals surface area contributed by atoms with Gasteiger partial charge in [0.15, 0.2) is 0 Å². The smallest absolute Gasteiger partial charge is 0.241 e. The number of aromatic nitrogens is 2. The molecule has 1 heterocycles. The van der Waals surface area contributed by atoms with Crippen LogP contribution in [0.1, 0.15) is 53.7 Å². The van der Waals surface area contributed by atoms with Gasteiger partial charge in [0.1, 0.15) is 5.82 Å². The Kier molecular flexibility index (Phi) is 6.83. The molecule has 200 valence electrons. The molecule has 1 saturated carbocycles. The van der Waals surface area contributed by atoms with E-state index in [0.717, 1.165) is 41.9 Å². The van der Waals surface area contributed by atoms with Crippen LogP contribution in [0.3, 0.4) is 0 Å². The fourth-order valence-corrected chi connectivity index (χ4v) is 6.93. The Morgan fingerprint density at radius 3 is 2.51 bits per heavy atom. The third-order valence-corrected chi connectivity index (χ3v) is 9.42. The average Bonchev–Trinajstić information content (AvgIpc) is 3.67. The van der Waals surface area contributed by atoms with Crippen molar-refractivity contribution in [1.82, 2.24) is 14.3 Å². The van der Waals surface area contributed by atoms with Crippen LogP contribution < -0.4 is 9.62 Å². The van der Waals surface area contributed by atoms with Gasteiger partial charge in [0, 0.05) is 37.1 Å². The number of fused-ring (bicyclic) bond motifs is 1. The number of anilines is 1. The molecule has 0 unspecified atom stereocenters. The fourth-order valence-electron chi connectivity index (χ4n) is 5.66. The van der Waals surface area contributed by atoms with Crippen LogP contribution in [0.4, 0.5) is 5.69 Å². The molecule has 8 heteroatoms. The molecule has 4 aromatic rings. The molecule has 1 amide bonds. The summed E-state index contributed by atoms with van der Waals surface area (Å²) in [6, 6.07) is 24.4. The molecular weight excluding hydrogens is 508 g/mol. The van der Waals surface area contributed by atoms with E-state index in [2.05, 4.69) is 21.8 Å². The van der Waals surface area contributed by atoms with Crippen molar-refractivity contribution in [3.63, 3.8) is 0 Å². The summed E-state index contributed by atoms with van der Waals surface area (Å²) >= 11 is 0. The molecule has 7 nitrogen and oxygen atoms in total. The second-order valence-corrected chi connectivity index (χ2v) is 12.2. The molecule has 0 radical (unpaired) electrons. The number of hydrogen-bond donors (Lipinski definition) is 1. The van der Waals surface area contributed by atoms with Gasteiger partial charge >= 0.3 is 0 Å². The number of aryl methyl sites for hydroxylation is 2. The molecule has 2 aliphatic carbocycles. The van der Waals surface area contributed by atoms with Gasteiger partial charge in [0.2, 0.25) is 15.9 Å². The molecule has 0 bridgehead atoms. The number of sulfonamides is 1. The van der Waals surface area contributed by atoms with Gasteiger partial charge in [0.05, 0.1) is 11.4 Å². The third-order valence-electron chi connectivity index (χ3n) is 7.93. The van der Waals surface area contributed by atoms with Crippen LogP contribution >= 0.6 is 0 Å². The first-order chi connectivity index (χ1) is 18.9. The van der Waals surface area contributed by atoms with E-state index in [1.807, 2.05) is 59.1 Å². The molecule has 0 saturated heterocycles. The molecule has 39 heavy (non-hydrogen) atoms. The minimum atomic E-state index is -3.68. The zero-order valence-electron chi connectivity index (χ0n) is 21.9. The van der Waals surface area contributed by atoms with E-state index in [9.17, 15) is 13.2 Å². The quantitative estimate of drug-likeness (QED) is 0.337. The summed E-state index contributed by atoms with van der Waals surface area (Å²) in [6.45, 7) is 0.347. The van der Waals surface area contributed by atoms with E-state index >= 15 is 0 Å². The molecule has 1 aromatic heterocycles. The monoisotopic (exact) mass is 540 g/mol. The molecule has 1 fully saturated rings. The van der Waals surface area contributed by atoms with Gasteiger partial charge in [-0.15, -0.1) is 0 Å². The average molecular weight is 541 g/mol. The molecule has 3 aromatic carbocycles. The van der Waals surface area contributed by atoms with Crippen LogP contribution in [0, 0.1) is 5.92 Å². The number of nitrogens with zero attached hydrogens (tertiary/aromatic N) is 3. The van der Waals surface area contributed by atoms with E-state index in [4.69, 9.17) is 0 Å². The van der Waals surface area contributed by atoms with Crippen molar-refractivity contribution in [1.29, 1.82) is 0 Å². The lowest BCUT2D eigenvalue weighted by atomic mass is 9.87. The van der Waals surface area contributed by atoms with Crippen LogP contribution in [0.2, 0.25) is 0 Å². The van der Waals surface area contributed by atoms with Crippen molar-refractivity contribution in [3.8, 4) is 0 Å². The van der Waals surface area contributed by atoms with Crippen molar-refractivity contribution < 1.29 is 13.2 Å². The first kappa shape index (κ1) is 25.5. The summed E-state index contributed by atoms with van der Waals surface area (Å²) in [7, 11) is -1.76. The van der Waals surface area contributed by atoms with Crippen molar-refractivity contribution in [3.05, 3.63) is 114 Å². The van der Waals surface area contributed by atoms with E-state index < -0.39 is 10.0 Å². The fraction of sp³-hybridized carbons (Fsp3) is 0.290. The first-order valence-corrected chi connectivity index (χ1v) is 14.9. The Morgan fingerprint density at radius 2 is 1.79 bits per heavy atom. The summed E-state index contributed by atoms with van der Waals surface area (Å²) in [4.78, 5) is 20.5. The van der Waals surface area contributed by atoms with Crippen LogP contribution in [-0.4, -0.2) is 23.9 Å². The van der Waals surface area contributed by atoms with Gasteiger partial charge in [0.25, 0.3) is 0 Å². The predicted octanol–water partition coefficient (Wildman–Crippen LogP) is 5.11. The van der Waals surface area contributed by atoms with Gasteiger partial charge in [-0.3, -0.25) is 4.79 Å². The minimum absolute atomic E-state index is 0.0732. The van der Waals surface area contributed by atoms with Crippen molar-refractivity contribution in [2.75, 3.05) is 4.90 Å². The highest BCUT2D eigenvalue weighted by Crippen LogP contribution is 2.49. The second-order valence-electron chi connectivity index (χ2n) is 10.5. The number of amides is 1. The molecule has 6 rings (SSSR count). The van der Waals surface area contributed by atoms with E-state index in [1.165, 1.54) is 5.56 Å². The highest BCUT2D eigenvalue weighted by atomic mass is 32.2. The zero-order chi connectivity index (χ0) is 27.0.